The van der Waals surface area contributed by atoms with E-state index < -0.39 is 0 Å². The Labute approximate surface area is 77.8 Å². The van der Waals surface area contributed by atoms with Crippen LogP contribution in [0.3, 0.4) is 0 Å². The first-order chi connectivity index (χ1) is 5.83. The predicted molar refractivity (Wildman–Crippen MR) is 53.3 cm³/mol. The molecular formula is C9H15NOS. The Morgan fingerprint density at radius 3 is 2.75 bits per heavy atom. The molecule has 1 heterocycles. The van der Waals surface area contributed by atoms with Crippen molar-refractivity contribution in [2.45, 2.75) is 25.8 Å². The van der Waals surface area contributed by atoms with Crippen LogP contribution in [0.25, 0.3) is 0 Å². The molecule has 0 unspecified atom stereocenters. The lowest BCUT2D eigenvalue weighted by atomic mass is 10.1. The summed E-state index contributed by atoms with van der Waals surface area (Å²) in [6, 6.07) is 0.412. The molecule has 3 heteroatoms. The van der Waals surface area contributed by atoms with Crippen LogP contribution in [0, 0.1) is 0 Å². The zero-order valence-corrected chi connectivity index (χ0v) is 8.19. The largest absolute Gasteiger partial charge is 0.350 e. The molecule has 1 rings (SSSR count). The van der Waals surface area contributed by atoms with Crippen molar-refractivity contribution in [1.82, 2.24) is 5.32 Å². The van der Waals surface area contributed by atoms with Crippen LogP contribution in [0.4, 0.5) is 0 Å². The van der Waals surface area contributed by atoms with Crippen molar-refractivity contribution in [3.63, 3.8) is 0 Å². The molecule has 0 aromatic heterocycles. The summed E-state index contributed by atoms with van der Waals surface area (Å²) in [4.78, 5) is 11.1. The smallest absolute Gasteiger partial charge is 0.243 e. The highest BCUT2D eigenvalue weighted by Crippen LogP contribution is 2.16. The van der Waals surface area contributed by atoms with Crippen molar-refractivity contribution in [1.29, 1.82) is 0 Å². The maximum Gasteiger partial charge on any atom is 0.243 e. The molecule has 12 heavy (non-hydrogen) atoms. The second-order valence-electron chi connectivity index (χ2n) is 2.90. The van der Waals surface area contributed by atoms with Crippen molar-refractivity contribution in [3.8, 4) is 0 Å². The Morgan fingerprint density at radius 1 is 1.50 bits per heavy atom. The normalized spacial score (nSPS) is 19.8. The second-order valence-corrected chi connectivity index (χ2v) is 4.12. The van der Waals surface area contributed by atoms with Crippen LogP contribution in [0.15, 0.2) is 12.2 Å². The van der Waals surface area contributed by atoms with Gasteiger partial charge >= 0.3 is 0 Å². The van der Waals surface area contributed by atoms with Crippen LogP contribution in [0.2, 0.25) is 0 Å². The Morgan fingerprint density at radius 2 is 2.17 bits per heavy atom. The molecule has 0 saturated carbocycles. The van der Waals surface area contributed by atoms with Gasteiger partial charge < -0.3 is 5.32 Å². The molecule has 0 aromatic rings. The fourth-order valence-corrected chi connectivity index (χ4v) is 2.35. The molecule has 1 amide bonds. The second kappa shape index (κ2) is 5.25. The molecule has 1 saturated heterocycles. The van der Waals surface area contributed by atoms with E-state index >= 15 is 0 Å². The van der Waals surface area contributed by atoms with Gasteiger partial charge in [0.2, 0.25) is 5.91 Å². The van der Waals surface area contributed by atoms with Crippen molar-refractivity contribution in [2.24, 2.45) is 0 Å². The van der Waals surface area contributed by atoms with Crippen molar-refractivity contribution in [3.05, 3.63) is 12.2 Å². The minimum absolute atomic E-state index is 0.0504. The van der Waals surface area contributed by atoms with E-state index in [-0.39, 0.29) is 5.91 Å². The number of allylic oxidation sites excluding steroid dienone is 1. The molecule has 68 valence electrons. The number of nitrogens with one attached hydrogen (secondary N) is 1. The Bertz CT molecular complexity index is 173. The summed E-state index contributed by atoms with van der Waals surface area (Å²) in [5.41, 5.74) is 0. The van der Waals surface area contributed by atoms with E-state index in [0.29, 0.717) is 6.04 Å². The summed E-state index contributed by atoms with van der Waals surface area (Å²) >= 11 is 1.97. The molecule has 0 aliphatic carbocycles. The third kappa shape index (κ3) is 3.30. The van der Waals surface area contributed by atoms with Crippen LogP contribution >= 0.6 is 11.8 Å². The van der Waals surface area contributed by atoms with E-state index in [1.54, 1.807) is 12.2 Å². The first kappa shape index (κ1) is 9.65. The number of thioether (sulfide) groups is 1. The van der Waals surface area contributed by atoms with E-state index in [9.17, 15) is 4.79 Å². The Balaban J connectivity index is 2.24. The van der Waals surface area contributed by atoms with E-state index in [4.69, 9.17) is 0 Å². The Hall–Kier alpha value is -0.440. The highest BCUT2D eigenvalue weighted by atomic mass is 32.2. The minimum atomic E-state index is 0.0504. The molecule has 0 aromatic carbocycles. The Kier molecular flexibility index (Phi) is 4.22. The summed E-state index contributed by atoms with van der Waals surface area (Å²) in [5.74, 6) is 2.41. The average molecular weight is 185 g/mol. The molecular weight excluding hydrogens is 170 g/mol. The van der Waals surface area contributed by atoms with Crippen molar-refractivity contribution in [2.75, 3.05) is 11.5 Å². The summed E-state index contributed by atoms with van der Waals surface area (Å²) in [6.45, 7) is 1.86. The summed E-state index contributed by atoms with van der Waals surface area (Å²) in [6.07, 6.45) is 5.59. The van der Waals surface area contributed by atoms with Gasteiger partial charge in [-0.05, 0) is 37.3 Å². The third-order valence-electron chi connectivity index (χ3n) is 1.89. The van der Waals surface area contributed by atoms with E-state index in [1.807, 2.05) is 18.7 Å². The maximum absolute atomic E-state index is 11.1. The van der Waals surface area contributed by atoms with Gasteiger partial charge in [0.15, 0.2) is 0 Å². The van der Waals surface area contributed by atoms with Gasteiger partial charge in [-0.2, -0.15) is 11.8 Å². The maximum atomic E-state index is 11.1. The number of carbonyl (C=O) groups is 1. The minimum Gasteiger partial charge on any atom is -0.350 e. The van der Waals surface area contributed by atoms with Gasteiger partial charge in [0, 0.05) is 6.04 Å². The molecule has 0 spiro atoms. The molecule has 2 nitrogen and oxygen atoms in total. The first-order valence-corrected chi connectivity index (χ1v) is 5.49. The lowest BCUT2D eigenvalue weighted by Gasteiger charge is -2.21. The summed E-state index contributed by atoms with van der Waals surface area (Å²) < 4.78 is 0. The van der Waals surface area contributed by atoms with E-state index in [2.05, 4.69) is 5.32 Å². The quantitative estimate of drug-likeness (QED) is 0.662. The van der Waals surface area contributed by atoms with Crippen LogP contribution in [-0.2, 0) is 4.79 Å². The lowest BCUT2D eigenvalue weighted by Crippen LogP contribution is -2.36. The SMILES string of the molecule is C/C=C/C(=O)NC1CCSCC1. The standard InChI is InChI=1S/C9H15NOS/c1-2-3-9(11)10-8-4-6-12-7-5-8/h2-3,8H,4-7H2,1H3,(H,10,11)/b3-2+. The number of hydrogen-bond donors (Lipinski definition) is 1. The predicted octanol–water partition coefficient (Wildman–Crippen LogP) is 1.57. The van der Waals surface area contributed by atoms with Crippen molar-refractivity contribution >= 4 is 17.7 Å². The molecule has 0 bridgehead atoms. The first-order valence-electron chi connectivity index (χ1n) is 4.34. The molecule has 1 fully saturated rings. The highest BCUT2D eigenvalue weighted by molar-refractivity contribution is 7.99. The van der Waals surface area contributed by atoms with Gasteiger partial charge in [-0.25, -0.2) is 0 Å². The third-order valence-corrected chi connectivity index (χ3v) is 2.93. The molecule has 0 radical (unpaired) electrons. The molecule has 0 atom stereocenters. The molecule has 1 aliphatic heterocycles. The summed E-state index contributed by atoms with van der Waals surface area (Å²) in [5, 5.41) is 2.98. The van der Waals surface area contributed by atoms with E-state index in [1.165, 1.54) is 11.5 Å². The number of hydrogen-bond acceptors (Lipinski definition) is 2. The number of rotatable bonds is 2. The van der Waals surface area contributed by atoms with Gasteiger partial charge in [0.25, 0.3) is 0 Å². The van der Waals surface area contributed by atoms with Gasteiger partial charge in [-0.3, -0.25) is 4.79 Å². The number of carbonyl (C=O) groups excluding carboxylic acids is 1. The van der Waals surface area contributed by atoms with Crippen molar-refractivity contribution < 1.29 is 4.79 Å². The van der Waals surface area contributed by atoms with Gasteiger partial charge in [0.1, 0.15) is 0 Å². The average Bonchev–Trinajstić information content (AvgIpc) is 2.06. The van der Waals surface area contributed by atoms with Gasteiger partial charge in [-0.1, -0.05) is 6.08 Å². The van der Waals surface area contributed by atoms with Crippen LogP contribution in [-0.4, -0.2) is 23.5 Å². The van der Waals surface area contributed by atoms with Crippen LogP contribution in [0.5, 0.6) is 0 Å². The van der Waals surface area contributed by atoms with Gasteiger partial charge in [0.05, 0.1) is 0 Å². The van der Waals surface area contributed by atoms with Gasteiger partial charge in [-0.15, -0.1) is 0 Å². The fraction of sp³-hybridized carbons (Fsp3) is 0.667. The zero-order chi connectivity index (χ0) is 8.81. The molecule has 1 aliphatic rings. The van der Waals surface area contributed by atoms with E-state index in [0.717, 1.165) is 12.8 Å². The molecule has 1 N–H and O–H groups in total. The monoisotopic (exact) mass is 185 g/mol. The van der Waals surface area contributed by atoms with Crippen LogP contribution in [0.1, 0.15) is 19.8 Å². The zero-order valence-electron chi connectivity index (χ0n) is 7.38. The lowest BCUT2D eigenvalue weighted by molar-refractivity contribution is -0.117. The number of amides is 1. The fourth-order valence-electron chi connectivity index (χ4n) is 1.24. The summed E-state index contributed by atoms with van der Waals surface area (Å²) in [7, 11) is 0. The van der Waals surface area contributed by atoms with Crippen LogP contribution < -0.4 is 5.32 Å². The highest BCUT2D eigenvalue weighted by Gasteiger charge is 2.13. The topological polar surface area (TPSA) is 29.1 Å².